The quantitative estimate of drug-likeness (QED) is 0.438. The molecule has 1 aliphatic heterocycles. The van der Waals surface area contributed by atoms with Crippen molar-refractivity contribution in [3.8, 4) is 0 Å². The molecule has 3 N–H and O–H groups in total. The maximum atomic E-state index is 11.3. The van der Waals surface area contributed by atoms with Crippen molar-refractivity contribution in [3.05, 3.63) is 0 Å². The fourth-order valence-corrected chi connectivity index (χ4v) is 3.83. The Bertz CT molecular complexity index is 269. The summed E-state index contributed by atoms with van der Waals surface area (Å²) in [6.07, 6.45) is 0.685. The molecule has 1 rings (SSSR count). The van der Waals surface area contributed by atoms with E-state index in [-0.39, 0.29) is 11.3 Å². The van der Waals surface area contributed by atoms with E-state index in [0.29, 0.717) is 17.3 Å². The van der Waals surface area contributed by atoms with Gasteiger partial charge in [-0.05, 0) is 19.1 Å². The van der Waals surface area contributed by atoms with Gasteiger partial charge >= 0.3 is 0 Å². The van der Waals surface area contributed by atoms with Crippen molar-refractivity contribution >= 4 is 27.5 Å². The molecule has 1 saturated heterocycles. The molecule has 0 bridgehead atoms. The molecule has 76 valence electrons. The first-order valence-corrected chi connectivity index (χ1v) is 6.35. The average molecular weight is 223 g/mol. The molecule has 0 aliphatic carbocycles. The number of thiocarbonyl (C=S) groups is 1. The summed E-state index contributed by atoms with van der Waals surface area (Å²) < 4.78 is 20.7. The molecule has 0 aromatic carbocycles. The summed E-state index contributed by atoms with van der Waals surface area (Å²) >= 11 is 4.94. The molecule has 0 amide bonds. The smallest absolute Gasteiger partial charge is 0.216 e. The Morgan fingerprint density at radius 2 is 2.31 bits per heavy atom. The van der Waals surface area contributed by atoms with Gasteiger partial charge in [-0.15, -0.1) is 0 Å². The van der Waals surface area contributed by atoms with Crippen LogP contribution in [0.25, 0.3) is 0 Å². The van der Waals surface area contributed by atoms with Gasteiger partial charge in [-0.3, -0.25) is 0 Å². The van der Waals surface area contributed by atoms with Crippen molar-refractivity contribution in [2.24, 2.45) is 0 Å². The molecule has 1 aliphatic rings. The summed E-state index contributed by atoms with van der Waals surface area (Å²) in [7, 11) is -0.882. The van der Waals surface area contributed by atoms with Crippen LogP contribution in [0.1, 0.15) is 13.3 Å². The van der Waals surface area contributed by atoms with Gasteiger partial charge in [0.2, 0.25) is 10.2 Å². The zero-order valence-electron chi connectivity index (χ0n) is 7.79. The van der Waals surface area contributed by atoms with Gasteiger partial charge in [-0.2, -0.15) is 4.55 Å². The van der Waals surface area contributed by atoms with Gasteiger partial charge in [-0.1, -0.05) is 4.21 Å². The van der Waals surface area contributed by atoms with Crippen LogP contribution >= 0.6 is 12.2 Å². The average Bonchev–Trinajstić information content (AvgIpc) is 2.25. The van der Waals surface area contributed by atoms with Crippen LogP contribution in [-0.2, 0) is 14.4 Å². The lowest BCUT2D eigenvalue weighted by molar-refractivity contribution is 0.463. The molecule has 1 heterocycles. The highest BCUT2D eigenvalue weighted by molar-refractivity contribution is 7.98. The van der Waals surface area contributed by atoms with E-state index in [1.54, 1.807) is 7.05 Å². The second-order valence-corrected chi connectivity index (χ2v) is 6.29. The molecule has 0 spiro atoms. The Hall–Kier alpha value is -0.200. The number of hydrogen-bond donors (Lipinski definition) is 3. The van der Waals surface area contributed by atoms with Gasteiger partial charge in [0.05, 0.1) is 5.54 Å². The van der Waals surface area contributed by atoms with Gasteiger partial charge in [-0.25, -0.2) is 0 Å². The van der Waals surface area contributed by atoms with Crippen LogP contribution in [0.2, 0.25) is 0 Å². The van der Waals surface area contributed by atoms with Crippen molar-refractivity contribution in [2.75, 3.05) is 18.6 Å². The van der Waals surface area contributed by atoms with E-state index in [4.69, 9.17) is 12.2 Å². The molecule has 4 nitrogen and oxygen atoms in total. The van der Waals surface area contributed by atoms with Crippen LogP contribution in [0.3, 0.4) is 0 Å². The second-order valence-electron chi connectivity index (χ2n) is 3.64. The first-order valence-electron chi connectivity index (χ1n) is 4.09. The fraction of sp³-hybridized carbons (Fsp3) is 0.857. The van der Waals surface area contributed by atoms with E-state index >= 15 is 0 Å². The normalized spacial score (nSPS) is 38.7. The zero-order chi connectivity index (χ0) is 10.1. The monoisotopic (exact) mass is 223 g/mol. The highest BCUT2D eigenvalue weighted by atomic mass is 32.3. The molecule has 1 fully saturated rings. The molecular formula is C7H15N2O2S2+. The second kappa shape index (κ2) is 3.51. The summed E-state index contributed by atoms with van der Waals surface area (Å²) in [6.45, 7) is 1.92. The molecule has 0 aromatic heterocycles. The zero-order valence-corrected chi connectivity index (χ0v) is 9.43. The van der Waals surface area contributed by atoms with Gasteiger partial charge < -0.3 is 10.6 Å². The standard InChI is InChI=1S/C7H14N2O2S2/c1-7(9-6(12)8-2)3-4-13(10,11)5-7/h3-5H2,1-2H3,(H2-,8,9,10,11,12)/p+1/t7-/m1/s1. The highest BCUT2D eigenvalue weighted by Crippen LogP contribution is 2.26. The van der Waals surface area contributed by atoms with Crippen LogP contribution in [0.5, 0.6) is 0 Å². The maximum Gasteiger partial charge on any atom is 0.216 e. The first-order chi connectivity index (χ1) is 5.87. The SMILES string of the molecule is CNC(=S)N[C@]1(C)CC[S+](=O)(O)C1. The van der Waals surface area contributed by atoms with E-state index in [1.165, 1.54) is 0 Å². The van der Waals surface area contributed by atoms with E-state index in [0.717, 1.165) is 0 Å². The number of hydrogen-bond acceptors (Lipinski definition) is 2. The summed E-state index contributed by atoms with van der Waals surface area (Å²) in [5, 5.41) is 6.36. The molecule has 0 radical (unpaired) electrons. The number of rotatable bonds is 1. The lowest BCUT2D eigenvalue weighted by Crippen LogP contribution is -2.50. The Kier molecular flexibility index (Phi) is 2.94. The van der Waals surface area contributed by atoms with Gasteiger partial charge in [0.15, 0.2) is 10.9 Å². The molecule has 13 heavy (non-hydrogen) atoms. The van der Waals surface area contributed by atoms with Gasteiger partial charge in [0.25, 0.3) is 0 Å². The molecule has 1 unspecified atom stereocenters. The Labute approximate surface area is 84.7 Å². The third kappa shape index (κ3) is 2.89. The van der Waals surface area contributed by atoms with Crippen LogP contribution in [0.4, 0.5) is 0 Å². The Morgan fingerprint density at radius 1 is 1.69 bits per heavy atom. The number of nitrogens with one attached hydrogen (secondary N) is 2. The van der Waals surface area contributed by atoms with Crippen molar-refractivity contribution in [1.29, 1.82) is 0 Å². The lowest BCUT2D eigenvalue weighted by atomic mass is 10.0. The third-order valence-corrected chi connectivity index (χ3v) is 4.40. The Morgan fingerprint density at radius 3 is 2.69 bits per heavy atom. The van der Waals surface area contributed by atoms with Crippen molar-refractivity contribution < 1.29 is 8.76 Å². The van der Waals surface area contributed by atoms with E-state index in [1.807, 2.05) is 6.92 Å². The Balaban J connectivity index is 2.60. The topological polar surface area (TPSA) is 61.4 Å². The predicted octanol–water partition coefficient (Wildman–Crippen LogP) is 0.215. The molecular weight excluding hydrogens is 208 g/mol. The summed E-state index contributed by atoms with van der Waals surface area (Å²) in [6, 6.07) is 0. The molecule has 0 saturated carbocycles. The minimum absolute atomic E-state index is 0.280. The third-order valence-electron chi connectivity index (χ3n) is 2.16. The predicted molar refractivity (Wildman–Crippen MR) is 58.2 cm³/mol. The van der Waals surface area contributed by atoms with Crippen molar-refractivity contribution in [2.45, 2.75) is 18.9 Å². The minimum atomic E-state index is -2.61. The van der Waals surface area contributed by atoms with Crippen molar-refractivity contribution in [3.63, 3.8) is 0 Å². The van der Waals surface area contributed by atoms with Crippen LogP contribution in [-0.4, -0.2) is 33.8 Å². The van der Waals surface area contributed by atoms with Crippen molar-refractivity contribution in [1.82, 2.24) is 10.6 Å². The van der Waals surface area contributed by atoms with Crippen LogP contribution < -0.4 is 10.6 Å². The summed E-state index contributed by atoms with van der Waals surface area (Å²) in [5.74, 6) is 0.643. The summed E-state index contributed by atoms with van der Waals surface area (Å²) in [5.41, 5.74) is -0.327. The van der Waals surface area contributed by atoms with Gasteiger partial charge in [0.1, 0.15) is 5.75 Å². The first kappa shape index (κ1) is 10.9. The lowest BCUT2D eigenvalue weighted by Gasteiger charge is -2.22. The van der Waals surface area contributed by atoms with E-state index < -0.39 is 10.2 Å². The molecule has 0 aromatic rings. The van der Waals surface area contributed by atoms with Crippen LogP contribution in [0.15, 0.2) is 0 Å². The van der Waals surface area contributed by atoms with E-state index in [9.17, 15) is 8.76 Å². The van der Waals surface area contributed by atoms with Gasteiger partial charge in [0, 0.05) is 13.5 Å². The van der Waals surface area contributed by atoms with E-state index in [2.05, 4.69) is 10.6 Å². The maximum absolute atomic E-state index is 11.3. The summed E-state index contributed by atoms with van der Waals surface area (Å²) in [4.78, 5) is 0. The molecule has 6 heteroatoms. The highest BCUT2D eigenvalue weighted by Gasteiger charge is 2.47. The fourth-order valence-electron chi connectivity index (χ4n) is 1.46. The molecule has 2 atom stereocenters. The van der Waals surface area contributed by atoms with Crippen LogP contribution in [0, 0.1) is 0 Å². The largest absolute Gasteiger partial charge is 0.366 e. The minimum Gasteiger partial charge on any atom is -0.366 e.